The van der Waals surface area contributed by atoms with Crippen LogP contribution in [-0.2, 0) is 6.18 Å². The second kappa shape index (κ2) is 6.20. The lowest BCUT2D eigenvalue weighted by atomic mass is 9.98. The molecule has 1 aromatic heterocycles. The van der Waals surface area contributed by atoms with Crippen LogP contribution in [0.25, 0.3) is 4.85 Å². The molecule has 0 bridgehead atoms. The van der Waals surface area contributed by atoms with Crippen LogP contribution in [0.15, 0.2) is 24.4 Å². The SMILES string of the molecule is [C-]#[N+]c1cc(F)cc(Oc2ncc(C(F)(F)F)c3c2[C@@H](F)[C@@H](F)[C@H]3C)c1. The van der Waals surface area contributed by atoms with Crippen molar-refractivity contribution < 1.29 is 31.1 Å². The normalized spacial score (nSPS) is 22.0. The molecule has 1 aliphatic carbocycles. The molecule has 3 rings (SSSR count). The molecule has 9 heteroatoms. The number of fused-ring (bicyclic) bond motifs is 1. The minimum Gasteiger partial charge on any atom is -0.440 e. The Hall–Kier alpha value is -2.76. The summed E-state index contributed by atoms with van der Waals surface area (Å²) in [6.07, 6.45) is -8.96. The first-order valence-corrected chi connectivity index (χ1v) is 7.37. The van der Waals surface area contributed by atoms with Gasteiger partial charge < -0.3 is 4.74 Å². The van der Waals surface area contributed by atoms with Crippen LogP contribution in [0.2, 0.25) is 0 Å². The van der Waals surface area contributed by atoms with Crippen LogP contribution in [0.3, 0.4) is 0 Å². The van der Waals surface area contributed by atoms with E-state index in [1.807, 2.05) is 0 Å². The van der Waals surface area contributed by atoms with Gasteiger partial charge in [-0.3, -0.25) is 0 Å². The predicted molar refractivity (Wildman–Crippen MR) is 79.1 cm³/mol. The van der Waals surface area contributed by atoms with E-state index in [9.17, 15) is 26.3 Å². The highest BCUT2D eigenvalue weighted by Crippen LogP contribution is 2.52. The summed E-state index contributed by atoms with van der Waals surface area (Å²) in [5.74, 6) is -3.03. The van der Waals surface area contributed by atoms with Crippen molar-refractivity contribution in [1.82, 2.24) is 4.98 Å². The van der Waals surface area contributed by atoms with Crippen molar-refractivity contribution in [3.8, 4) is 11.6 Å². The van der Waals surface area contributed by atoms with E-state index in [0.717, 1.165) is 25.1 Å². The molecule has 3 nitrogen and oxygen atoms in total. The molecule has 26 heavy (non-hydrogen) atoms. The lowest BCUT2D eigenvalue weighted by Gasteiger charge is -2.17. The number of hydrogen-bond donors (Lipinski definition) is 0. The molecule has 0 saturated heterocycles. The standard InChI is InChI=1S/C17H10F6N2O/c1-7-12-11(17(21,22)23)6-25-16(13(12)15(20)14(7)19)26-10-4-8(18)3-9(5-10)24-2/h3-7,14-15H,1H3/t7-,14-,15+/m0/s1. The highest BCUT2D eigenvalue weighted by atomic mass is 19.4. The van der Waals surface area contributed by atoms with Gasteiger partial charge in [0.15, 0.2) is 11.9 Å². The van der Waals surface area contributed by atoms with Crippen LogP contribution in [0.1, 0.15) is 35.7 Å². The van der Waals surface area contributed by atoms with Gasteiger partial charge in [-0.1, -0.05) is 6.92 Å². The Balaban J connectivity index is 2.14. The van der Waals surface area contributed by atoms with E-state index in [1.54, 1.807) is 0 Å². The number of aromatic nitrogens is 1. The highest BCUT2D eigenvalue weighted by molar-refractivity contribution is 5.53. The summed E-state index contributed by atoms with van der Waals surface area (Å²) in [4.78, 5) is 6.49. The van der Waals surface area contributed by atoms with Crippen LogP contribution < -0.4 is 4.74 Å². The van der Waals surface area contributed by atoms with Crippen LogP contribution >= 0.6 is 0 Å². The molecule has 0 saturated carbocycles. The maximum atomic E-state index is 14.3. The Kier molecular flexibility index (Phi) is 4.30. The molecule has 1 aromatic carbocycles. The van der Waals surface area contributed by atoms with E-state index < -0.39 is 52.8 Å². The van der Waals surface area contributed by atoms with Crippen molar-refractivity contribution in [3.05, 3.63) is 58.3 Å². The second-order valence-corrected chi connectivity index (χ2v) is 5.80. The van der Waals surface area contributed by atoms with Gasteiger partial charge in [0.2, 0.25) is 5.88 Å². The summed E-state index contributed by atoms with van der Waals surface area (Å²) in [6, 6.07) is 2.89. The quantitative estimate of drug-likeness (QED) is 0.474. The number of nitrogens with zero attached hydrogens (tertiary/aromatic N) is 2. The third-order valence-electron chi connectivity index (χ3n) is 4.12. The molecule has 0 fully saturated rings. The summed E-state index contributed by atoms with van der Waals surface area (Å²) < 4.78 is 86.6. The van der Waals surface area contributed by atoms with E-state index in [4.69, 9.17) is 11.3 Å². The van der Waals surface area contributed by atoms with Crippen molar-refractivity contribution in [3.63, 3.8) is 0 Å². The Morgan fingerprint density at radius 3 is 2.46 bits per heavy atom. The highest BCUT2D eigenvalue weighted by Gasteiger charge is 2.48. The van der Waals surface area contributed by atoms with Gasteiger partial charge in [-0.05, 0) is 17.7 Å². The first-order chi connectivity index (χ1) is 12.1. The topological polar surface area (TPSA) is 26.5 Å². The van der Waals surface area contributed by atoms with E-state index >= 15 is 0 Å². The second-order valence-electron chi connectivity index (χ2n) is 5.80. The van der Waals surface area contributed by atoms with E-state index in [1.165, 1.54) is 0 Å². The first kappa shape index (κ1) is 18.0. The number of benzene rings is 1. The lowest BCUT2D eigenvalue weighted by Crippen LogP contribution is -2.13. The van der Waals surface area contributed by atoms with Gasteiger partial charge in [-0.15, -0.1) is 0 Å². The fraction of sp³-hybridized carbons (Fsp3) is 0.294. The summed E-state index contributed by atoms with van der Waals surface area (Å²) in [7, 11) is 0. The van der Waals surface area contributed by atoms with E-state index in [-0.39, 0.29) is 11.4 Å². The first-order valence-electron chi connectivity index (χ1n) is 7.37. The van der Waals surface area contributed by atoms with Gasteiger partial charge in [0, 0.05) is 18.2 Å². The summed E-state index contributed by atoms with van der Waals surface area (Å²) in [6.45, 7) is 8.01. The molecule has 0 spiro atoms. The number of alkyl halides is 5. The fourth-order valence-electron chi connectivity index (χ4n) is 2.94. The Morgan fingerprint density at radius 2 is 1.85 bits per heavy atom. The van der Waals surface area contributed by atoms with Crippen molar-refractivity contribution in [2.75, 3.05) is 0 Å². The molecule has 1 heterocycles. The zero-order valence-corrected chi connectivity index (χ0v) is 13.1. The van der Waals surface area contributed by atoms with Crippen molar-refractivity contribution in [2.45, 2.75) is 31.4 Å². The largest absolute Gasteiger partial charge is 0.440 e. The van der Waals surface area contributed by atoms with Gasteiger partial charge in [-0.2, -0.15) is 13.2 Å². The zero-order chi connectivity index (χ0) is 19.2. The fourth-order valence-corrected chi connectivity index (χ4v) is 2.94. The van der Waals surface area contributed by atoms with Crippen molar-refractivity contribution in [2.24, 2.45) is 0 Å². The Labute approximate surface area is 144 Å². The molecule has 0 aliphatic heterocycles. The minimum atomic E-state index is -4.84. The number of halogens is 6. The van der Waals surface area contributed by atoms with Gasteiger partial charge >= 0.3 is 6.18 Å². The molecule has 0 N–H and O–H groups in total. The Bertz CT molecular complexity index is 905. The maximum absolute atomic E-state index is 14.3. The molecular weight excluding hydrogens is 362 g/mol. The third kappa shape index (κ3) is 2.96. The van der Waals surface area contributed by atoms with Gasteiger partial charge in [0.25, 0.3) is 0 Å². The number of rotatable bonds is 2. The van der Waals surface area contributed by atoms with Gasteiger partial charge in [-0.25, -0.2) is 23.0 Å². The van der Waals surface area contributed by atoms with Crippen LogP contribution in [0.4, 0.5) is 32.0 Å². The van der Waals surface area contributed by atoms with Crippen molar-refractivity contribution in [1.29, 1.82) is 0 Å². The van der Waals surface area contributed by atoms with Crippen LogP contribution in [-0.4, -0.2) is 11.2 Å². The minimum absolute atomic E-state index is 0.128. The number of pyridine rings is 1. The molecular formula is C17H10F6N2O. The van der Waals surface area contributed by atoms with E-state index in [0.29, 0.717) is 6.20 Å². The maximum Gasteiger partial charge on any atom is 0.418 e. The van der Waals surface area contributed by atoms with Gasteiger partial charge in [0.05, 0.1) is 17.7 Å². The molecule has 136 valence electrons. The molecule has 0 amide bonds. The summed E-state index contributed by atoms with van der Waals surface area (Å²) in [5, 5.41) is 0. The van der Waals surface area contributed by atoms with E-state index in [2.05, 4.69) is 9.83 Å². The number of hydrogen-bond acceptors (Lipinski definition) is 2. The molecule has 3 atom stereocenters. The van der Waals surface area contributed by atoms with Crippen molar-refractivity contribution >= 4 is 5.69 Å². The monoisotopic (exact) mass is 372 g/mol. The summed E-state index contributed by atoms with van der Waals surface area (Å²) in [5.41, 5.74) is -2.58. The number of ether oxygens (including phenoxy) is 1. The smallest absolute Gasteiger partial charge is 0.418 e. The Morgan fingerprint density at radius 1 is 1.15 bits per heavy atom. The lowest BCUT2D eigenvalue weighted by molar-refractivity contribution is -0.138. The summed E-state index contributed by atoms with van der Waals surface area (Å²) >= 11 is 0. The van der Waals surface area contributed by atoms with Crippen LogP contribution in [0.5, 0.6) is 11.6 Å². The van der Waals surface area contributed by atoms with Crippen LogP contribution in [0, 0.1) is 12.4 Å². The molecule has 1 aliphatic rings. The molecule has 0 radical (unpaired) electrons. The molecule has 2 aromatic rings. The predicted octanol–water partition coefficient (Wildman–Crippen LogP) is 6.05. The zero-order valence-electron chi connectivity index (χ0n) is 13.1. The third-order valence-corrected chi connectivity index (χ3v) is 4.12. The average molecular weight is 372 g/mol. The molecule has 0 unspecified atom stereocenters. The average Bonchev–Trinajstić information content (AvgIpc) is 2.79. The van der Waals surface area contributed by atoms with Gasteiger partial charge in [0.1, 0.15) is 17.7 Å².